The summed E-state index contributed by atoms with van der Waals surface area (Å²) in [5.41, 5.74) is 0. The van der Waals surface area contributed by atoms with Gasteiger partial charge in [-0.25, -0.2) is 0 Å². The van der Waals surface area contributed by atoms with Crippen LogP contribution in [-0.4, -0.2) is 12.9 Å². The topological polar surface area (TPSA) is 33.0 Å². The number of ether oxygens (including phenoxy) is 1. The number of unbranched alkanes of at least 4 members (excludes halogenated alkanes) is 2. The summed E-state index contributed by atoms with van der Waals surface area (Å²) in [6, 6.07) is 10.2. The molecule has 15 heavy (non-hydrogen) atoms. The lowest BCUT2D eigenvalue weighted by Gasteiger charge is -2.02. The van der Waals surface area contributed by atoms with Gasteiger partial charge in [0.05, 0.1) is 13.2 Å². The normalized spacial score (nSPS) is 9.60. The van der Waals surface area contributed by atoms with Crippen LogP contribution in [0.4, 0.5) is 0 Å². The summed E-state index contributed by atoms with van der Waals surface area (Å²) in [5.74, 6) is 1.97. The monoisotopic (exact) mass is 221 g/mol. The highest BCUT2D eigenvalue weighted by molar-refractivity contribution is 7.99. The summed E-state index contributed by atoms with van der Waals surface area (Å²) >= 11 is 1.83. The molecule has 0 radical (unpaired) electrons. The quantitative estimate of drug-likeness (QED) is 0.544. The van der Waals surface area contributed by atoms with E-state index in [4.69, 9.17) is 10.00 Å². The molecule has 0 saturated heterocycles. The smallest absolute Gasteiger partial charge is 0.118 e. The maximum absolute atomic E-state index is 8.37. The summed E-state index contributed by atoms with van der Waals surface area (Å²) < 4.78 is 5.08. The van der Waals surface area contributed by atoms with Gasteiger partial charge in [0.25, 0.3) is 0 Å². The van der Waals surface area contributed by atoms with E-state index in [1.807, 2.05) is 23.9 Å². The number of nitrogens with zero attached hydrogens (tertiary/aromatic N) is 1. The summed E-state index contributed by atoms with van der Waals surface area (Å²) in [6.45, 7) is 0. The third kappa shape index (κ3) is 4.75. The molecule has 1 aromatic rings. The molecule has 0 aliphatic rings. The molecule has 2 nitrogen and oxygen atoms in total. The summed E-state index contributed by atoms with van der Waals surface area (Å²) in [6.07, 6.45) is 2.77. The van der Waals surface area contributed by atoms with Crippen molar-refractivity contribution in [3.8, 4) is 11.8 Å². The molecule has 3 heteroatoms. The van der Waals surface area contributed by atoms with E-state index in [1.54, 1.807) is 7.11 Å². The van der Waals surface area contributed by atoms with Crippen molar-refractivity contribution >= 4 is 11.8 Å². The molecule has 0 amide bonds. The lowest BCUT2D eigenvalue weighted by Crippen LogP contribution is -1.83. The molecule has 0 aromatic heterocycles. The summed E-state index contributed by atoms with van der Waals surface area (Å²) in [4.78, 5) is 1.26. The van der Waals surface area contributed by atoms with Gasteiger partial charge in [-0.2, -0.15) is 5.26 Å². The van der Waals surface area contributed by atoms with E-state index in [0.717, 1.165) is 24.3 Å². The van der Waals surface area contributed by atoms with Crippen LogP contribution in [0.3, 0.4) is 0 Å². The zero-order chi connectivity index (χ0) is 10.9. The lowest BCUT2D eigenvalue weighted by molar-refractivity contribution is 0.414. The molecule has 0 spiro atoms. The average Bonchev–Trinajstić information content (AvgIpc) is 2.30. The van der Waals surface area contributed by atoms with Crippen molar-refractivity contribution in [1.82, 2.24) is 0 Å². The molecule has 0 saturated carbocycles. The number of hydrogen-bond acceptors (Lipinski definition) is 3. The first-order valence-corrected chi connectivity index (χ1v) is 5.99. The lowest BCUT2D eigenvalue weighted by atomic mass is 10.3. The Morgan fingerprint density at radius 3 is 2.60 bits per heavy atom. The zero-order valence-electron chi connectivity index (χ0n) is 8.90. The Hall–Kier alpha value is -1.14. The minimum Gasteiger partial charge on any atom is -0.497 e. The van der Waals surface area contributed by atoms with Gasteiger partial charge in [-0.05, 0) is 42.9 Å². The number of rotatable bonds is 6. The van der Waals surface area contributed by atoms with Crippen LogP contribution in [0.1, 0.15) is 19.3 Å². The predicted molar refractivity (Wildman–Crippen MR) is 63.2 cm³/mol. The highest BCUT2D eigenvalue weighted by Crippen LogP contribution is 2.22. The minimum absolute atomic E-state index is 0.670. The molecule has 0 aliphatic heterocycles. The third-order valence-electron chi connectivity index (χ3n) is 2.01. The molecule has 0 unspecified atom stereocenters. The maximum Gasteiger partial charge on any atom is 0.118 e. The molecule has 0 heterocycles. The second kappa shape index (κ2) is 7.19. The van der Waals surface area contributed by atoms with E-state index in [2.05, 4.69) is 18.2 Å². The van der Waals surface area contributed by atoms with Gasteiger partial charge >= 0.3 is 0 Å². The number of thioether (sulfide) groups is 1. The fourth-order valence-electron chi connectivity index (χ4n) is 1.17. The van der Waals surface area contributed by atoms with Crippen LogP contribution in [0, 0.1) is 11.3 Å². The fourth-order valence-corrected chi connectivity index (χ4v) is 2.08. The van der Waals surface area contributed by atoms with Gasteiger partial charge in [-0.1, -0.05) is 0 Å². The van der Waals surface area contributed by atoms with E-state index in [9.17, 15) is 0 Å². The fraction of sp³-hybridized carbons (Fsp3) is 0.417. The van der Waals surface area contributed by atoms with Crippen molar-refractivity contribution in [2.45, 2.75) is 24.2 Å². The van der Waals surface area contributed by atoms with Crippen molar-refractivity contribution in [3.05, 3.63) is 24.3 Å². The summed E-state index contributed by atoms with van der Waals surface area (Å²) in [5, 5.41) is 8.37. The highest BCUT2D eigenvalue weighted by Gasteiger charge is 1.95. The van der Waals surface area contributed by atoms with Crippen LogP contribution in [0.2, 0.25) is 0 Å². The standard InChI is InChI=1S/C12H15NOS/c1-14-11-5-7-12(8-6-11)15-10-4-2-3-9-13/h5-8H,2-4,10H2,1H3. The maximum atomic E-state index is 8.37. The van der Waals surface area contributed by atoms with E-state index in [0.29, 0.717) is 6.42 Å². The van der Waals surface area contributed by atoms with E-state index in [-0.39, 0.29) is 0 Å². The van der Waals surface area contributed by atoms with Gasteiger partial charge in [0, 0.05) is 11.3 Å². The van der Waals surface area contributed by atoms with Gasteiger partial charge in [0.1, 0.15) is 5.75 Å². The summed E-state index contributed by atoms with van der Waals surface area (Å²) in [7, 11) is 1.67. The first kappa shape index (κ1) is 11.9. The number of nitriles is 1. The van der Waals surface area contributed by atoms with Crippen LogP contribution >= 0.6 is 11.8 Å². The second-order valence-electron chi connectivity index (χ2n) is 3.14. The Bertz CT molecular complexity index is 315. The Labute approximate surface area is 95.3 Å². The molecular formula is C12H15NOS. The van der Waals surface area contributed by atoms with Crippen molar-refractivity contribution in [1.29, 1.82) is 5.26 Å². The van der Waals surface area contributed by atoms with Crippen molar-refractivity contribution < 1.29 is 4.74 Å². The van der Waals surface area contributed by atoms with Gasteiger partial charge < -0.3 is 4.74 Å². The van der Waals surface area contributed by atoms with Crippen LogP contribution in [0.15, 0.2) is 29.2 Å². The molecule has 0 atom stereocenters. The minimum atomic E-state index is 0.670. The van der Waals surface area contributed by atoms with Crippen LogP contribution in [-0.2, 0) is 0 Å². The third-order valence-corrected chi connectivity index (χ3v) is 3.11. The van der Waals surface area contributed by atoms with Gasteiger partial charge in [-0.3, -0.25) is 0 Å². The van der Waals surface area contributed by atoms with Crippen LogP contribution in [0.25, 0.3) is 0 Å². The first-order chi connectivity index (χ1) is 7.36. The molecule has 1 rings (SSSR count). The number of hydrogen-bond donors (Lipinski definition) is 0. The highest BCUT2D eigenvalue weighted by atomic mass is 32.2. The van der Waals surface area contributed by atoms with E-state index in [1.165, 1.54) is 4.90 Å². The van der Waals surface area contributed by atoms with Gasteiger partial charge in [-0.15, -0.1) is 11.8 Å². The second-order valence-corrected chi connectivity index (χ2v) is 4.31. The predicted octanol–water partition coefficient (Wildman–Crippen LogP) is 3.48. The molecule has 80 valence electrons. The molecule has 0 N–H and O–H groups in total. The van der Waals surface area contributed by atoms with Crippen molar-refractivity contribution in [3.63, 3.8) is 0 Å². The van der Waals surface area contributed by atoms with Gasteiger partial charge in [0.2, 0.25) is 0 Å². The largest absolute Gasteiger partial charge is 0.497 e. The SMILES string of the molecule is COc1ccc(SCCCCC#N)cc1. The Morgan fingerprint density at radius 1 is 1.27 bits per heavy atom. The van der Waals surface area contributed by atoms with Crippen LogP contribution < -0.4 is 4.74 Å². The average molecular weight is 221 g/mol. The van der Waals surface area contributed by atoms with Crippen molar-refractivity contribution in [2.75, 3.05) is 12.9 Å². The van der Waals surface area contributed by atoms with Gasteiger partial charge in [0.15, 0.2) is 0 Å². The molecule has 1 aromatic carbocycles. The molecule has 0 aliphatic carbocycles. The van der Waals surface area contributed by atoms with Crippen molar-refractivity contribution in [2.24, 2.45) is 0 Å². The number of benzene rings is 1. The van der Waals surface area contributed by atoms with E-state index < -0.39 is 0 Å². The Morgan fingerprint density at radius 2 is 2.00 bits per heavy atom. The molecule has 0 fully saturated rings. The number of methoxy groups -OCH3 is 1. The zero-order valence-corrected chi connectivity index (χ0v) is 9.72. The van der Waals surface area contributed by atoms with E-state index >= 15 is 0 Å². The Kier molecular flexibility index (Phi) is 5.72. The van der Waals surface area contributed by atoms with Crippen LogP contribution in [0.5, 0.6) is 5.75 Å². The molecule has 0 bridgehead atoms. The first-order valence-electron chi connectivity index (χ1n) is 5.00. The molecular weight excluding hydrogens is 206 g/mol. The Balaban J connectivity index is 2.23.